The van der Waals surface area contributed by atoms with E-state index in [2.05, 4.69) is 15.3 Å². The van der Waals surface area contributed by atoms with Crippen LogP contribution in [0.1, 0.15) is 27.3 Å². The van der Waals surface area contributed by atoms with E-state index < -0.39 is 17.5 Å². The second-order valence-corrected chi connectivity index (χ2v) is 5.50. The molecule has 0 aliphatic carbocycles. The summed E-state index contributed by atoms with van der Waals surface area (Å²) in [5.41, 5.74) is 2.06. The third kappa shape index (κ3) is 4.24. The molecule has 0 radical (unpaired) electrons. The van der Waals surface area contributed by atoms with Crippen LogP contribution < -0.4 is 5.32 Å². The minimum Gasteiger partial charge on any atom is -0.319 e. The van der Waals surface area contributed by atoms with E-state index in [0.29, 0.717) is 23.2 Å². The standard InChI is InChI=1S/C19H12F2N4O/c20-14-6-13(7-15(21)8-14)5-12-1-4-18(24-10-12)19(26)25-17-3-2-16(9-22)23-11-17/h1-4,6-8,10-11H,5H2,(H,25,26). The maximum atomic E-state index is 13.2. The summed E-state index contributed by atoms with van der Waals surface area (Å²) in [4.78, 5) is 20.1. The Morgan fingerprint density at radius 1 is 1.00 bits per heavy atom. The van der Waals surface area contributed by atoms with Crippen LogP contribution in [-0.2, 0) is 6.42 Å². The van der Waals surface area contributed by atoms with Gasteiger partial charge >= 0.3 is 0 Å². The minimum atomic E-state index is -0.639. The summed E-state index contributed by atoms with van der Waals surface area (Å²) in [6, 6.07) is 11.5. The molecule has 1 N–H and O–H groups in total. The Kier molecular flexibility index (Phi) is 4.94. The fourth-order valence-electron chi connectivity index (χ4n) is 2.34. The van der Waals surface area contributed by atoms with Crippen molar-refractivity contribution in [3.63, 3.8) is 0 Å². The third-order valence-electron chi connectivity index (χ3n) is 3.52. The lowest BCUT2D eigenvalue weighted by molar-refractivity contribution is 0.102. The molecule has 0 aliphatic rings. The number of nitrogens with zero attached hydrogens (tertiary/aromatic N) is 3. The maximum Gasteiger partial charge on any atom is 0.274 e. The highest BCUT2D eigenvalue weighted by Crippen LogP contribution is 2.14. The van der Waals surface area contributed by atoms with Gasteiger partial charge < -0.3 is 5.32 Å². The normalized spacial score (nSPS) is 10.2. The molecule has 1 aromatic carbocycles. The Labute approximate surface area is 148 Å². The summed E-state index contributed by atoms with van der Waals surface area (Å²) >= 11 is 0. The highest BCUT2D eigenvalue weighted by Gasteiger charge is 2.09. The number of rotatable bonds is 4. The van der Waals surface area contributed by atoms with Gasteiger partial charge in [-0.25, -0.2) is 13.8 Å². The predicted octanol–water partition coefficient (Wildman–Crippen LogP) is 3.47. The number of nitriles is 1. The molecule has 3 aromatic rings. The number of hydrogen-bond donors (Lipinski definition) is 1. The summed E-state index contributed by atoms with van der Waals surface area (Å²) in [6.45, 7) is 0. The van der Waals surface area contributed by atoms with Gasteiger partial charge in [-0.15, -0.1) is 0 Å². The smallest absolute Gasteiger partial charge is 0.274 e. The lowest BCUT2D eigenvalue weighted by Gasteiger charge is -2.06. The van der Waals surface area contributed by atoms with Crippen LogP contribution in [0.25, 0.3) is 0 Å². The maximum absolute atomic E-state index is 13.2. The van der Waals surface area contributed by atoms with Crippen molar-refractivity contribution in [3.8, 4) is 6.07 Å². The molecule has 1 amide bonds. The zero-order chi connectivity index (χ0) is 18.5. The number of pyridine rings is 2. The molecule has 2 aromatic heterocycles. The van der Waals surface area contributed by atoms with Crippen molar-refractivity contribution in [3.05, 3.63) is 89.0 Å². The van der Waals surface area contributed by atoms with Gasteiger partial charge in [-0.1, -0.05) is 6.07 Å². The van der Waals surface area contributed by atoms with Crippen LogP contribution in [0, 0.1) is 23.0 Å². The fourth-order valence-corrected chi connectivity index (χ4v) is 2.34. The average Bonchev–Trinajstić information content (AvgIpc) is 2.62. The van der Waals surface area contributed by atoms with E-state index in [9.17, 15) is 13.6 Å². The Hall–Kier alpha value is -3.66. The fraction of sp³-hybridized carbons (Fsp3) is 0.0526. The largest absolute Gasteiger partial charge is 0.319 e. The summed E-state index contributed by atoms with van der Waals surface area (Å²) < 4.78 is 26.4. The molecular weight excluding hydrogens is 338 g/mol. The van der Waals surface area contributed by atoms with Crippen molar-refractivity contribution in [1.82, 2.24) is 9.97 Å². The molecule has 0 saturated heterocycles. The van der Waals surface area contributed by atoms with Crippen LogP contribution in [-0.4, -0.2) is 15.9 Å². The molecule has 0 fully saturated rings. The Balaban J connectivity index is 1.68. The molecule has 0 spiro atoms. The van der Waals surface area contributed by atoms with Crippen LogP contribution in [0.15, 0.2) is 54.9 Å². The molecule has 128 valence electrons. The van der Waals surface area contributed by atoms with Crippen molar-refractivity contribution in [1.29, 1.82) is 5.26 Å². The zero-order valence-electron chi connectivity index (χ0n) is 13.4. The molecule has 7 heteroatoms. The molecule has 0 aliphatic heterocycles. The predicted molar refractivity (Wildman–Crippen MR) is 90.3 cm³/mol. The van der Waals surface area contributed by atoms with Crippen molar-refractivity contribution in [2.75, 3.05) is 5.32 Å². The second kappa shape index (κ2) is 7.49. The van der Waals surface area contributed by atoms with E-state index in [0.717, 1.165) is 6.07 Å². The molecule has 0 atom stereocenters. The lowest BCUT2D eigenvalue weighted by atomic mass is 10.1. The average molecular weight is 350 g/mol. The molecule has 26 heavy (non-hydrogen) atoms. The van der Waals surface area contributed by atoms with E-state index in [1.807, 2.05) is 6.07 Å². The van der Waals surface area contributed by atoms with E-state index in [-0.39, 0.29) is 11.4 Å². The Bertz CT molecular complexity index is 960. The molecule has 2 heterocycles. The van der Waals surface area contributed by atoms with E-state index in [1.165, 1.54) is 36.7 Å². The number of benzene rings is 1. The number of halogens is 2. The first-order chi connectivity index (χ1) is 12.5. The van der Waals surface area contributed by atoms with Gasteiger partial charge in [0.1, 0.15) is 29.1 Å². The van der Waals surface area contributed by atoms with E-state index in [1.54, 1.807) is 12.1 Å². The van der Waals surface area contributed by atoms with Crippen molar-refractivity contribution < 1.29 is 13.6 Å². The number of aromatic nitrogens is 2. The second-order valence-electron chi connectivity index (χ2n) is 5.50. The molecule has 5 nitrogen and oxygen atoms in total. The summed E-state index contributed by atoms with van der Waals surface area (Å²) in [6.07, 6.45) is 3.15. The Morgan fingerprint density at radius 2 is 1.77 bits per heavy atom. The first-order valence-electron chi connectivity index (χ1n) is 7.61. The van der Waals surface area contributed by atoms with Gasteiger partial charge in [-0.2, -0.15) is 5.26 Å². The highest BCUT2D eigenvalue weighted by molar-refractivity contribution is 6.02. The topological polar surface area (TPSA) is 78.7 Å². The minimum absolute atomic E-state index is 0.184. The van der Waals surface area contributed by atoms with Crippen LogP contribution in [0.3, 0.4) is 0 Å². The first-order valence-corrected chi connectivity index (χ1v) is 7.61. The van der Waals surface area contributed by atoms with Gasteiger partial charge in [0.25, 0.3) is 5.91 Å². The highest BCUT2D eigenvalue weighted by atomic mass is 19.1. The molecule has 0 bridgehead atoms. The van der Waals surface area contributed by atoms with Crippen molar-refractivity contribution in [2.45, 2.75) is 6.42 Å². The summed E-state index contributed by atoms with van der Waals surface area (Å²) in [7, 11) is 0. The van der Waals surface area contributed by atoms with Gasteiger partial charge in [-0.05, 0) is 47.9 Å². The molecule has 0 unspecified atom stereocenters. The number of hydrogen-bond acceptors (Lipinski definition) is 4. The monoisotopic (exact) mass is 350 g/mol. The SMILES string of the molecule is N#Cc1ccc(NC(=O)c2ccc(Cc3cc(F)cc(F)c3)cn2)cn1. The van der Waals surface area contributed by atoms with Crippen LogP contribution in [0.5, 0.6) is 0 Å². The zero-order valence-corrected chi connectivity index (χ0v) is 13.4. The van der Waals surface area contributed by atoms with Gasteiger partial charge in [0.05, 0.1) is 11.9 Å². The summed E-state index contributed by atoms with van der Waals surface area (Å²) in [5.74, 6) is -1.71. The number of amides is 1. The number of anilines is 1. The van der Waals surface area contributed by atoms with Gasteiger partial charge in [0.15, 0.2) is 0 Å². The quantitative estimate of drug-likeness (QED) is 0.781. The van der Waals surface area contributed by atoms with E-state index in [4.69, 9.17) is 5.26 Å². The number of carbonyl (C=O) groups is 1. The van der Waals surface area contributed by atoms with Crippen molar-refractivity contribution >= 4 is 11.6 Å². The van der Waals surface area contributed by atoms with Gasteiger partial charge in [-0.3, -0.25) is 9.78 Å². The lowest BCUT2D eigenvalue weighted by Crippen LogP contribution is -2.14. The first kappa shape index (κ1) is 17.2. The molecular formula is C19H12F2N4O. The van der Waals surface area contributed by atoms with Crippen LogP contribution in [0.4, 0.5) is 14.5 Å². The van der Waals surface area contributed by atoms with Crippen molar-refractivity contribution in [2.24, 2.45) is 0 Å². The summed E-state index contributed by atoms with van der Waals surface area (Å²) in [5, 5.41) is 11.3. The van der Waals surface area contributed by atoms with Crippen LogP contribution in [0.2, 0.25) is 0 Å². The third-order valence-corrected chi connectivity index (χ3v) is 3.52. The van der Waals surface area contributed by atoms with Gasteiger partial charge in [0, 0.05) is 12.3 Å². The molecule has 0 saturated carbocycles. The molecule has 3 rings (SSSR count). The van der Waals surface area contributed by atoms with E-state index >= 15 is 0 Å². The number of carbonyl (C=O) groups excluding carboxylic acids is 1. The van der Waals surface area contributed by atoms with Crippen LogP contribution >= 0.6 is 0 Å². The Morgan fingerprint density at radius 3 is 2.35 bits per heavy atom. The van der Waals surface area contributed by atoms with Gasteiger partial charge in [0.2, 0.25) is 0 Å². The number of nitrogens with one attached hydrogen (secondary N) is 1.